The summed E-state index contributed by atoms with van der Waals surface area (Å²) in [6.07, 6.45) is 1.66. The summed E-state index contributed by atoms with van der Waals surface area (Å²) < 4.78 is 18.7. The maximum absolute atomic E-state index is 13.2. The van der Waals surface area contributed by atoms with E-state index < -0.39 is 0 Å². The van der Waals surface area contributed by atoms with Crippen LogP contribution in [0.4, 0.5) is 4.39 Å². The van der Waals surface area contributed by atoms with Gasteiger partial charge in [-0.25, -0.2) is 4.39 Å². The SMILES string of the molecule is Cc1cc(F)ccc1CC(NN)c1ccc2c(c1)CCO2. The lowest BCUT2D eigenvalue weighted by Crippen LogP contribution is -2.29. The summed E-state index contributed by atoms with van der Waals surface area (Å²) >= 11 is 0. The van der Waals surface area contributed by atoms with Gasteiger partial charge in [-0.3, -0.25) is 11.3 Å². The summed E-state index contributed by atoms with van der Waals surface area (Å²) in [7, 11) is 0. The Labute approximate surface area is 123 Å². The first-order chi connectivity index (χ1) is 10.2. The molecule has 1 aliphatic heterocycles. The van der Waals surface area contributed by atoms with E-state index in [0.717, 1.165) is 41.9 Å². The van der Waals surface area contributed by atoms with Gasteiger partial charge in [0.25, 0.3) is 0 Å². The molecule has 1 atom stereocenters. The molecule has 2 aromatic rings. The number of hydrogen-bond acceptors (Lipinski definition) is 3. The van der Waals surface area contributed by atoms with Gasteiger partial charge < -0.3 is 4.74 Å². The molecule has 3 rings (SSSR count). The van der Waals surface area contributed by atoms with Crippen LogP contribution in [0.2, 0.25) is 0 Å². The second kappa shape index (κ2) is 5.84. The molecule has 1 aliphatic rings. The molecule has 0 aromatic heterocycles. The van der Waals surface area contributed by atoms with Crippen LogP contribution in [0, 0.1) is 12.7 Å². The van der Waals surface area contributed by atoms with Gasteiger partial charge in [0, 0.05) is 6.42 Å². The van der Waals surface area contributed by atoms with E-state index in [0.29, 0.717) is 0 Å². The van der Waals surface area contributed by atoms with Gasteiger partial charge in [-0.05, 0) is 53.8 Å². The maximum atomic E-state index is 13.2. The van der Waals surface area contributed by atoms with Crippen LogP contribution in [0.3, 0.4) is 0 Å². The minimum atomic E-state index is -0.205. The number of nitrogens with two attached hydrogens (primary N) is 1. The fourth-order valence-corrected chi connectivity index (χ4v) is 2.80. The predicted molar refractivity (Wildman–Crippen MR) is 80.5 cm³/mol. The van der Waals surface area contributed by atoms with Crippen LogP contribution in [0.5, 0.6) is 5.75 Å². The van der Waals surface area contributed by atoms with E-state index in [1.54, 1.807) is 6.07 Å². The fourth-order valence-electron chi connectivity index (χ4n) is 2.80. The van der Waals surface area contributed by atoms with Gasteiger partial charge in [0.1, 0.15) is 11.6 Å². The molecule has 0 saturated heterocycles. The van der Waals surface area contributed by atoms with Gasteiger partial charge in [-0.1, -0.05) is 18.2 Å². The average molecular weight is 286 g/mol. The predicted octanol–water partition coefficient (Wildman–Crippen LogP) is 2.82. The van der Waals surface area contributed by atoms with Gasteiger partial charge in [0.15, 0.2) is 0 Å². The Hall–Kier alpha value is -1.91. The van der Waals surface area contributed by atoms with Gasteiger partial charge in [-0.15, -0.1) is 0 Å². The van der Waals surface area contributed by atoms with Gasteiger partial charge in [0.2, 0.25) is 0 Å². The molecule has 1 unspecified atom stereocenters. The van der Waals surface area contributed by atoms with Crippen molar-refractivity contribution in [2.24, 2.45) is 5.84 Å². The Balaban J connectivity index is 1.85. The van der Waals surface area contributed by atoms with Crippen LogP contribution in [-0.4, -0.2) is 6.61 Å². The Bertz CT molecular complexity index is 657. The molecule has 21 heavy (non-hydrogen) atoms. The zero-order chi connectivity index (χ0) is 14.8. The van der Waals surface area contributed by atoms with Gasteiger partial charge in [-0.2, -0.15) is 0 Å². The van der Waals surface area contributed by atoms with Crippen LogP contribution in [0.25, 0.3) is 0 Å². The first kappa shape index (κ1) is 14.0. The van der Waals surface area contributed by atoms with E-state index in [2.05, 4.69) is 11.5 Å². The zero-order valence-corrected chi connectivity index (χ0v) is 12.0. The third-order valence-electron chi connectivity index (χ3n) is 4.05. The maximum Gasteiger partial charge on any atom is 0.123 e. The monoisotopic (exact) mass is 286 g/mol. The number of benzene rings is 2. The summed E-state index contributed by atoms with van der Waals surface area (Å²) in [6, 6.07) is 11.1. The van der Waals surface area contributed by atoms with Crippen LogP contribution in [0.15, 0.2) is 36.4 Å². The molecular weight excluding hydrogens is 267 g/mol. The number of rotatable bonds is 4. The van der Waals surface area contributed by atoms with Crippen molar-refractivity contribution in [1.82, 2.24) is 5.43 Å². The van der Waals surface area contributed by atoms with Crippen molar-refractivity contribution < 1.29 is 9.13 Å². The Morgan fingerprint density at radius 3 is 2.90 bits per heavy atom. The summed E-state index contributed by atoms with van der Waals surface area (Å²) in [4.78, 5) is 0. The number of aryl methyl sites for hydroxylation is 1. The van der Waals surface area contributed by atoms with E-state index in [-0.39, 0.29) is 11.9 Å². The molecule has 3 nitrogen and oxygen atoms in total. The van der Waals surface area contributed by atoms with Gasteiger partial charge in [0.05, 0.1) is 12.6 Å². The highest BCUT2D eigenvalue weighted by atomic mass is 19.1. The molecule has 3 N–H and O–H groups in total. The average Bonchev–Trinajstić information content (AvgIpc) is 2.94. The lowest BCUT2D eigenvalue weighted by Gasteiger charge is -2.18. The van der Waals surface area contributed by atoms with Crippen molar-refractivity contribution >= 4 is 0 Å². The molecule has 0 radical (unpaired) electrons. The van der Waals surface area contributed by atoms with E-state index in [4.69, 9.17) is 10.6 Å². The first-order valence-corrected chi connectivity index (χ1v) is 7.14. The number of halogens is 1. The number of ether oxygens (including phenoxy) is 1. The molecule has 0 spiro atoms. The van der Waals surface area contributed by atoms with E-state index in [1.807, 2.05) is 25.1 Å². The lowest BCUT2D eigenvalue weighted by molar-refractivity contribution is 0.356. The second-order valence-corrected chi connectivity index (χ2v) is 5.46. The third-order valence-corrected chi connectivity index (χ3v) is 4.05. The van der Waals surface area contributed by atoms with E-state index >= 15 is 0 Å². The van der Waals surface area contributed by atoms with E-state index in [9.17, 15) is 4.39 Å². The van der Waals surface area contributed by atoms with Crippen molar-refractivity contribution in [2.45, 2.75) is 25.8 Å². The summed E-state index contributed by atoms with van der Waals surface area (Å²) in [5.41, 5.74) is 7.26. The molecule has 110 valence electrons. The van der Waals surface area contributed by atoms with Crippen LogP contribution >= 0.6 is 0 Å². The van der Waals surface area contributed by atoms with Crippen molar-refractivity contribution in [3.05, 3.63) is 64.5 Å². The lowest BCUT2D eigenvalue weighted by atomic mass is 9.95. The smallest absolute Gasteiger partial charge is 0.123 e. The molecule has 0 bridgehead atoms. The van der Waals surface area contributed by atoms with Crippen molar-refractivity contribution in [1.29, 1.82) is 0 Å². The highest BCUT2D eigenvalue weighted by Gasteiger charge is 2.17. The first-order valence-electron chi connectivity index (χ1n) is 7.14. The van der Waals surface area contributed by atoms with Crippen molar-refractivity contribution in [2.75, 3.05) is 6.61 Å². The minimum absolute atomic E-state index is 0.0000567. The number of nitrogens with one attached hydrogen (secondary N) is 1. The minimum Gasteiger partial charge on any atom is -0.493 e. The zero-order valence-electron chi connectivity index (χ0n) is 12.0. The normalized spacial score (nSPS) is 14.6. The van der Waals surface area contributed by atoms with Crippen molar-refractivity contribution in [3.63, 3.8) is 0 Å². The summed E-state index contributed by atoms with van der Waals surface area (Å²) in [6.45, 7) is 2.67. The summed E-state index contributed by atoms with van der Waals surface area (Å²) in [5.74, 6) is 6.48. The van der Waals surface area contributed by atoms with E-state index in [1.165, 1.54) is 11.6 Å². The molecular formula is C17H19FN2O. The van der Waals surface area contributed by atoms with Crippen LogP contribution in [0.1, 0.15) is 28.3 Å². The third kappa shape index (κ3) is 2.91. The van der Waals surface area contributed by atoms with Gasteiger partial charge >= 0.3 is 0 Å². The highest BCUT2D eigenvalue weighted by molar-refractivity contribution is 5.41. The molecule has 0 saturated carbocycles. The van der Waals surface area contributed by atoms with Crippen LogP contribution in [-0.2, 0) is 12.8 Å². The molecule has 0 fully saturated rings. The molecule has 2 aromatic carbocycles. The molecule has 0 aliphatic carbocycles. The van der Waals surface area contributed by atoms with Crippen molar-refractivity contribution in [3.8, 4) is 5.75 Å². The Morgan fingerprint density at radius 1 is 1.29 bits per heavy atom. The number of hydrogen-bond donors (Lipinski definition) is 2. The summed E-state index contributed by atoms with van der Waals surface area (Å²) in [5, 5.41) is 0. The quantitative estimate of drug-likeness (QED) is 0.671. The molecule has 1 heterocycles. The Morgan fingerprint density at radius 2 is 2.14 bits per heavy atom. The van der Waals surface area contributed by atoms with Crippen LogP contribution < -0.4 is 16.0 Å². The molecule has 4 heteroatoms. The Kier molecular flexibility index (Phi) is 3.90. The molecule has 0 amide bonds. The topological polar surface area (TPSA) is 47.3 Å². The number of hydrazine groups is 1. The number of fused-ring (bicyclic) bond motifs is 1. The second-order valence-electron chi connectivity index (χ2n) is 5.46. The highest BCUT2D eigenvalue weighted by Crippen LogP contribution is 2.29. The standard InChI is InChI=1S/C17H19FN2O/c1-11-8-15(18)4-2-12(11)10-16(20-19)13-3-5-17-14(9-13)6-7-21-17/h2-5,8-9,16,20H,6-7,10,19H2,1H3. The largest absolute Gasteiger partial charge is 0.493 e. The fraction of sp³-hybridized carbons (Fsp3) is 0.294.